The maximum Gasteiger partial charge on any atom is 0.274 e. The highest BCUT2D eigenvalue weighted by molar-refractivity contribution is 6.33. The van der Waals surface area contributed by atoms with Crippen molar-refractivity contribution in [3.63, 3.8) is 0 Å². The van der Waals surface area contributed by atoms with E-state index in [1.807, 2.05) is 6.92 Å². The number of nitrogens with zero attached hydrogens (tertiary/aromatic N) is 2. The van der Waals surface area contributed by atoms with E-state index in [2.05, 4.69) is 10.3 Å². The van der Waals surface area contributed by atoms with Gasteiger partial charge in [-0.3, -0.25) is 9.59 Å². The molecule has 1 N–H and O–H groups in total. The highest BCUT2D eigenvalue weighted by Crippen LogP contribution is 2.20. The lowest BCUT2D eigenvalue weighted by molar-refractivity contribution is -0.116. The molecular formula is C17H17Cl2N3O3. The number of amides is 2. The Bertz CT molecular complexity index is 783. The molecule has 0 fully saturated rings. The Morgan fingerprint density at radius 2 is 2.00 bits per heavy atom. The predicted molar refractivity (Wildman–Crippen MR) is 97.5 cm³/mol. The van der Waals surface area contributed by atoms with Crippen molar-refractivity contribution in [2.45, 2.75) is 6.92 Å². The van der Waals surface area contributed by atoms with Crippen LogP contribution in [0.15, 0.2) is 36.4 Å². The van der Waals surface area contributed by atoms with Crippen LogP contribution >= 0.6 is 23.2 Å². The van der Waals surface area contributed by atoms with Gasteiger partial charge in [0.2, 0.25) is 11.8 Å². The first-order valence-corrected chi connectivity index (χ1v) is 8.26. The average Bonchev–Trinajstić information content (AvgIpc) is 2.56. The van der Waals surface area contributed by atoms with Crippen LogP contribution < -0.4 is 10.1 Å². The van der Waals surface area contributed by atoms with Crippen molar-refractivity contribution in [1.82, 2.24) is 9.88 Å². The Kier molecular flexibility index (Phi) is 6.61. The fourth-order valence-corrected chi connectivity index (χ4v) is 2.41. The van der Waals surface area contributed by atoms with Gasteiger partial charge in [0.05, 0.1) is 18.2 Å². The smallest absolute Gasteiger partial charge is 0.274 e. The zero-order valence-corrected chi connectivity index (χ0v) is 15.3. The quantitative estimate of drug-likeness (QED) is 0.830. The average molecular weight is 382 g/mol. The summed E-state index contributed by atoms with van der Waals surface area (Å²) in [5, 5.41) is 3.37. The second-order valence-corrected chi connectivity index (χ2v) is 5.98. The van der Waals surface area contributed by atoms with Crippen LogP contribution in [-0.2, 0) is 4.79 Å². The van der Waals surface area contributed by atoms with Crippen molar-refractivity contribution in [2.75, 3.05) is 25.5 Å². The lowest BCUT2D eigenvalue weighted by Gasteiger charge is -2.17. The van der Waals surface area contributed by atoms with E-state index in [1.165, 1.54) is 18.0 Å². The fraction of sp³-hybridized carbons (Fsp3) is 0.235. The molecule has 0 unspecified atom stereocenters. The molecule has 0 aliphatic heterocycles. The maximum absolute atomic E-state index is 12.5. The second-order valence-electron chi connectivity index (χ2n) is 5.13. The van der Waals surface area contributed by atoms with Crippen molar-refractivity contribution in [2.24, 2.45) is 0 Å². The van der Waals surface area contributed by atoms with E-state index >= 15 is 0 Å². The summed E-state index contributed by atoms with van der Waals surface area (Å²) < 4.78 is 5.27. The number of halogens is 2. The molecule has 1 aromatic heterocycles. The highest BCUT2D eigenvalue weighted by atomic mass is 35.5. The molecule has 8 heteroatoms. The van der Waals surface area contributed by atoms with E-state index < -0.39 is 5.91 Å². The molecule has 25 heavy (non-hydrogen) atoms. The maximum atomic E-state index is 12.5. The van der Waals surface area contributed by atoms with Gasteiger partial charge in [0.25, 0.3) is 5.91 Å². The molecule has 0 radical (unpaired) electrons. The van der Waals surface area contributed by atoms with Crippen molar-refractivity contribution in [3.05, 3.63) is 52.1 Å². The summed E-state index contributed by atoms with van der Waals surface area (Å²) in [5.41, 5.74) is 0.582. The number of benzene rings is 1. The largest absolute Gasteiger partial charge is 0.478 e. The summed E-state index contributed by atoms with van der Waals surface area (Å²) in [6.07, 6.45) is 0. The van der Waals surface area contributed by atoms with Gasteiger partial charge < -0.3 is 15.0 Å². The minimum absolute atomic E-state index is 0.0330. The van der Waals surface area contributed by atoms with Crippen LogP contribution in [0.1, 0.15) is 17.4 Å². The summed E-state index contributed by atoms with van der Waals surface area (Å²) in [7, 11) is 1.49. The summed E-state index contributed by atoms with van der Waals surface area (Å²) >= 11 is 11.9. The molecule has 0 atom stereocenters. The van der Waals surface area contributed by atoms with Crippen LogP contribution in [0.4, 0.5) is 5.69 Å². The van der Waals surface area contributed by atoms with Crippen molar-refractivity contribution in [3.8, 4) is 5.88 Å². The number of pyridine rings is 1. The standard InChI is InChI=1S/C17H17Cl2N3O3/c1-3-25-15-8-7-13(19)16(21-15)17(24)22(2)10-14(23)20-12-6-4-5-11(18)9-12/h4-9H,3,10H2,1-2H3,(H,20,23). The number of hydrogen-bond donors (Lipinski definition) is 1. The van der Waals surface area contributed by atoms with Crippen molar-refractivity contribution >= 4 is 40.7 Å². The van der Waals surface area contributed by atoms with E-state index in [9.17, 15) is 9.59 Å². The van der Waals surface area contributed by atoms with Crippen LogP contribution in [0, 0.1) is 0 Å². The molecule has 6 nitrogen and oxygen atoms in total. The minimum Gasteiger partial charge on any atom is -0.478 e. The van der Waals surface area contributed by atoms with Gasteiger partial charge in [-0.05, 0) is 31.2 Å². The monoisotopic (exact) mass is 381 g/mol. The molecule has 0 spiro atoms. The normalized spacial score (nSPS) is 10.2. The lowest BCUT2D eigenvalue weighted by Crippen LogP contribution is -2.35. The third-order valence-electron chi connectivity index (χ3n) is 3.15. The molecule has 2 aromatic rings. The first kappa shape index (κ1) is 19.0. The van der Waals surface area contributed by atoms with Crippen LogP contribution in [0.2, 0.25) is 10.0 Å². The number of aromatic nitrogens is 1. The summed E-state index contributed by atoms with van der Waals surface area (Å²) in [6, 6.07) is 9.85. The van der Waals surface area contributed by atoms with E-state index in [0.717, 1.165) is 0 Å². The zero-order valence-electron chi connectivity index (χ0n) is 13.8. The Morgan fingerprint density at radius 3 is 2.68 bits per heavy atom. The third-order valence-corrected chi connectivity index (χ3v) is 3.69. The Morgan fingerprint density at radius 1 is 1.24 bits per heavy atom. The van der Waals surface area contributed by atoms with Crippen LogP contribution in [0.5, 0.6) is 5.88 Å². The van der Waals surface area contributed by atoms with Gasteiger partial charge in [-0.2, -0.15) is 0 Å². The number of carbonyl (C=O) groups is 2. The number of rotatable bonds is 6. The number of likely N-dealkylation sites (N-methyl/N-ethyl adjacent to an activating group) is 1. The van der Waals surface area contributed by atoms with Crippen LogP contribution in [-0.4, -0.2) is 41.9 Å². The Labute approximate surface area is 155 Å². The number of nitrogens with one attached hydrogen (secondary N) is 1. The van der Waals surface area contributed by atoms with Crippen molar-refractivity contribution < 1.29 is 14.3 Å². The highest BCUT2D eigenvalue weighted by Gasteiger charge is 2.20. The van der Waals surface area contributed by atoms with Gasteiger partial charge in [-0.15, -0.1) is 0 Å². The molecule has 2 rings (SSSR count). The molecular weight excluding hydrogens is 365 g/mol. The topological polar surface area (TPSA) is 71.5 Å². The zero-order chi connectivity index (χ0) is 18.4. The van der Waals surface area contributed by atoms with Gasteiger partial charge in [0, 0.05) is 23.8 Å². The summed E-state index contributed by atoms with van der Waals surface area (Å²) in [5.74, 6) is -0.546. The molecule has 0 bridgehead atoms. The predicted octanol–water partition coefficient (Wildman–Crippen LogP) is 3.50. The van der Waals surface area contributed by atoms with Gasteiger partial charge in [-0.1, -0.05) is 29.3 Å². The lowest BCUT2D eigenvalue weighted by atomic mass is 10.3. The number of hydrogen-bond acceptors (Lipinski definition) is 4. The third kappa shape index (κ3) is 5.34. The Hall–Kier alpha value is -2.31. The minimum atomic E-state index is -0.479. The van der Waals surface area contributed by atoms with Gasteiger partial charge in [-0.25, -0.2) is 4.98 Å². The summed E-state index contributed by atoms with van der Waals surface area (Å²) in [6.45, 7) is 2.06. The fourth-order valence-electron chi connectivity index (χ4n) is 2.04. The Balaban J connectivity index is 2.04. The van der Waals surface area contributed by atoms with Crippen molar-refractivity contribution in [1.29, 1.82) is 0 Å². The molecule has 0 saturated heterocycles. The number of carbonyl (C=O) groups excluding carboxylic acids is 2. The molecule has 0 aliphatic carbocycles. The van der Waals surface area contributed by atoms with Crippen LogP contribution in [0.3, 0.4) is 0 Å². The van der Waals surface area contributed by atoms with Gasteiger partial charge >= 0.3 is 0 Å². The molecule has 0 aliphatic rings. The van der Waals surface area contributed by atoms with E-state index in [1.54, 1.807) is 30.3 Å². The first-order chi connectivity index (χ1) is 11.9. The molecule has 132 valence electrons. The number of anilines is 1. The molecule has 0 saturated carbocycles. The SMILES string of the molecule is CCOc1ccc(Cl)c(C(=O)N(C)CC(=O)Nc2cccc(Cl)c2)n1. The van der Waals surface area contributed by atoms with Crippen LogP contribution in [0.25, 0.3) is 0 Å². The van der Waals surface area contributed by atoms with Gasteiger partial charge in [0.15, 0.2) is 5.69 Å². The second kappa shape index (κ2) is 8.69. The number of ether oxygens (including phenoxy) is 1. The van der Waals surface area contributed by atoms with E-state index in [0.29, 0.717) is 23.2 Å². The van der Waals surface area contributed by atoms with E-state index in [-0.39, 0.29) is 23.2 Å². The summed E-state index contributed by atoms with van der Waals surface area (Å²) in [4.78, 5) is 29.9. The molecule has 1 heterocycles. The molecule has 2 amide bonds. The molecule has 1 aromatic carbocycles. The van der Waals surface area contributed by atoms with E-state index in [4.69, 9.17) is 27.9 Å². The van der Waals surface area contributed by atoms with Gasteiger partial charge in [0.1, 0.15) is 0 Å². The first-order valence-electron chi connectivity index (χ1n) is 7.51.